The van der Waals surface area contributed by atoms with E-state index in [9.17, 15) is 0 Å². The molecule has 0 bridgehead atoms. The Morgan fingerprint density at radius 1 is 1.33 bits per heavy atom. The number of benzene rings is 1. The Labute approximate surface area is 115 Å². The molecule has 0 saturated carbocycles. The molecule has 0 spiro atoms. The molecule has 0 radical (unpaired) electrons. The van der Waals surface area contributed by atoms with Crippen molar-refractivity contribution in [1.29, 1.82) is 0 Å². The summed E-state index contributed by atoms with van der Waals surface area (Å²) in [6, 6.07) is -3.36. The van der Waals surface area contributed by atoms with E-state index in [1.165, 1.54) is 0 Å². The second-order valence-corrected chi connectivity index (χ2v) is 2.63. The molecule has 15 heavy (non-hydrogen) atoms. The molecule has 2 rings (SSSR count). The summed E-state index contributed by atoms with van der Waals surface area (Å²) in [6.45, 7) is -22.0. The smallest absolute Gasteiger partial charge is 0.0667 e. The van der Waals surface area contributed by atoms with Crippen LogP contribution in [0.4, 0.5) is 11.4 Å². The quantitative estimate of drug-likeness (QED) is 0.728. The van der Waals surface area contributed by atoms with Crippen molar-refractivity contribution in [2.45, 2.75) is 6.85 Å². The lowest BCUT2D eigenvalue weighted by Crippen LogP contribution is -2.44. The third-order valence-corrected chi connectivity index (χ3v) is 1.53. The molecule has 0 aromatic heterocycles. The van der Waals surface area contributed by atoms with E-state index in [1.54, 1.807) is 0 Å². The molecule has 1 saturated heterocycles. The average molecular weight is 222 g/mol. The maximum atomic E-state index is 8.23. The van der Waals surface area contributed by atoms with Gasteiger partial charge in [0.15, 0.2) is 0 Å². The average Bonchev–Trinajstić information content (AvgIpc) is 2.51. The summed E-state index contributed by atoms with van der Waals surface area (Å²) in [5.41, 5.74) is 2.37. The zero-order chi connectivity index (χ0) is 25.6. The van der Waals surface area contributed by atoms with Gasteiger partial charge in [0.2, 0.25) is 0 Å². The van der Waals surface area contributed by atoms with Gasteiger partial charge in [-0.15, -0.1) is 0 Å². The molecular formula is C12H19N3. The fourth-order valence-electron chi connectivity index (χ4n) is 0.954. The highest BCUT2D eigenvalue weighted by Crippen LogP contribution is 2.21. The predicted octanol–water partition coefficient (Wildman–Crippen LogP) is 1.33. The van der Waals surface area contributed by atoms with Crippen molar-refractivity contribution in [2.75, 3.05) is 43.6 Å². The minimum Gasteiger partial charge on any atom is -0.399 e. The van der Waals surface area contributed by atoms with Gasteiger partial charge in [0.1, 0.15) is 0 Å². The van der Waals surface area contributed by atoms with Crippen LogP contribution in [0.25, 0.3) is 0 Å². The first kappa shape index (κ1) is 2.23. The van der Waals surface area contributed by atoms with Gasteiger partial charge in [0.05, 0.1) is 9.60 Å². The van der Waals surface area contributed by atoms with Gasteiger partial charge < -0.3 is 15.5 Å². The van der Waals surface area contributed by atoms with Crippen LogP contribution in [0, 0.1) is 6.85 Å². The molecule has 1 fully saturated rings. The maximum absolute atomic E-state index is 8.23. The highest BCUT2D eigenvalue weighted by molar-refractivity contribution is 5.58. The van der Waals surface area contributed by atoms with Gasteiger partial charge in [-0.2, -0.15) is 0 Å². The van der Waals surface area contributed by atoms with Crippen molar-refractivity contribution in [2.24, 2.45) is 0 Å². The molecule has 2 N–H and O–H groups in total. The lowest BCUT2D eigenvalue weighted by molar-refractivity contribution is 0.313. The maximum Gasteiger partial charge on any atom is 0.0667 e. The zero-order valence-corrected chi connectivity index (χ0v) is 7.47. The topological polar surface area (TPSA) is 32.5 Å². The van der Waals surface area contributed by atoms with Crippen LogP contribution in [0.3, 0.4) is 0 Å². The fourth-order valence-corrected chi connectivity index (χ4v) is 0.954. The summed E-state index contributed by atoms with van der Waals surface area (Å²) in [6.07, 6.45) is 0. The second-order valence-electron chi connectivity index (χ2n) is 2.63. The first-order valence-electron chi connectivity index (χ1n) is 12.4. The van der Waals surface area contributed by atoms with Crippen LogP contribution >= 0.6 is 0 Å². The summed E-state index contributed by atoms with van der Waals surface area (Å²) in [5.74, 6) is 0. The molecule has 1 aliphatic heterocycles. The van der Waals surface area contributed by atoms with E-state index in [4.69, 9.17) is 29.0 Å². The van der Waals surface area contributed by atoms with E-state index < -0.39 is 79.8 Å². The number of nitrogens with zero attached hydrogens (tertiary/aromatic N) is 2. The summed E-state index contributed by atoms with van der Waals surface area (Å²) in [4.78, 5) is -0.901. The summed E-state index contributed by atoms with van der Waals surface area (Å²) >= 11 is 0. The van der Waals surface area contributed by atoms with Gasteiger partial charge in [-0.05, 0) is 37.5 Å². The third-order valence-electron chi connectivity index (χ3n) is 1.53. The molecule has 1 aliphatic rings. The molecule has 0 atom stereocenters. The van der Waals surface area contributed by atoms with Gasteiger partial charge in [-0.1, -0.05) is 0 Å². The summed E-state index contributed by atoms with van der Waals surface area (Å²) < 4.78 is 134. The number of piperazine rings is 1. The molecule has 82 valence electrons. The Morgan fingerprint density at radius 3 is 2.80 bits per heavy atom. The first-order chi connectivity index (χ1) is 13.9. The summed E-state index contributed by atoms with van der Waals surface area (Å²) in [7, 11) is 0. The van der Waals surface area contributed by atoms with Crippen molar-refractivity contribution in [3.63, 3.8) is 0 Å². The Balaban J connectivity index is 3.07. The SMILES string of the molecule is [2H]c1c(N)c([2H])c(C([2H])([2H])[2H])c([2H])c1N1C([2H])([2H])C([2H])([2H])N(C([2H])([2H])[2H])C([2H])([2H])C1([2H])[2H]. The van der Waals surface area contributed by atoms with Crippen LogP contribution in [-0.4, -0.2) is 37.9 Å². The number of likely N-dealkylation sites (N-methyl/N-ethyl adjacent to an activating group) is 1. The van der Waals surface area contributed by atoms with Gasteiger partial charge in [-0.3, -0.25) is 0 Å². The van der Waals surface area contributed by atoms with Crippen LogP contribution in [0.5, 0.6) is 0 Å². The second kappa shape index (κ2) is 4.11. The van der Waals surface area contributed by atoms with E-state index in [1.807, 2.05) is 0 Å². The third kappa shape index (κ3) is 2.42. The summed E-state index contributed by atoms with van der Waals surface area (Å²) in [5, 5.41) is 0. The zero-order valence-electron chi connectivity index (χ0n) is 24.5. The Bertz CT molecular complexity index is 902. The Morgan fingerprint density at radius 2 is 2.13 bits per heavy atom. The predicted molar refractivity (Wildman–Crippen MR) is 65.3 cm³/mol. The molecule has 3 heteroatoms. The largest absolute Gasteiger partial charge is 0.399 e. The highest BCUT2D eigenvalue weighted by atomic mass is 15.2. The van der Waals surface area contributed by atoms with Gasteiger partial charge >= 0.3 is 0 Å². The van der Waals surface area contributed by atoms with E-state index in [2.05, 4.69) is 0 Å². The number of nitrogen functional groups attached to an aromatic ring is 1. The number of rotatable bonds is 1. The van der Waals surface area contributed by atoms with E-state index in [0.29, 0.717) is 0 Å². The number of hydrogen-bond donors (Lipinski definition) is 1. The normalized spacial score (nSPS) is 49.9. The highest BCUT2D eigenvalue weighted by Gasteiger charge is 2.14. The molecule has 1 aromatic carbocycles. The molecule has 1 aromatic rings. The number of anilines is 2. The first-order valence-corrected chi connectivity index (χ1v) is 3.88. The van der Waals surface area contributed by atoms with E-state index in [0.717, 1.165) is 0 Å². The van der Waals surface area contributed by atoms with Crippen LogP contribution in [0.1, 0.15) is 28.9 Å². The molecule has 0 amide bonds. The van der Waals surface area contributed by atoms with Gasteiger partial charge in [0, 0.05) is 51.1 Å². The van der Waals surface area contributed by atoms with Crippen LogP contribution in [0.15, 0.2) is 18.1 Å². The van der Waals surface area contributed by atoms with Crippen molar-refractivity contribution in [3.05, 3.63) is 23.7 Å². The lowest BCUT2D eigenvalue weighted by atomic mass is 10.1. The van der Waals surface area contributed by atoms with Crippen LogP contribution < -0.4 is 10.6 Å². The molecular weight excluding hydrogens is 186 g/mol. The molecule has 1 heterocycles. The fraction of sp³-hybridized carbons (Fsp3) is 0.500. The standard InChI is InChI=1S/C12H19N3/c1-10-7-11(13)9-12(8-10)15-5-3-14(2)4-6-15/h7-9H,3-6,13H2,1-2H3/i1D3,2D3,3D2,4D2,5D2,6D2,7D,8D,9D. The monoisotopic (exact) mass is 222 g/mol. The lowest BCUT2D eigenvalue weighted by Gasteiger charge is -2.34. The van der Waals surface area contributed by atoms with Gasteiger partial charge in [0.25, 0.3) is 0 Å². The van der Waals surface area contributed by atoms with E-state index >= 15 is 0 Å². The molecule has 0 unspecified atom stereocenters. The molecule has 0 aliphatic carbocycles. The Kier molecular flexibility index (Phi) is 0.610. The van der Waals surface area contributed by atoms with Crippen LogP contribution in [0.2, 0.25) is 0 Å². The van der Waals surface area contributed by atoms with E-state index in [-0.39, 0.29) is 4.90 Å². The van der Waals surface area contributed by atoms with Crippen molar-refractivity contribution >= 4 is 11.4 Å². The van der Waals surface area contributed by atoms with Crippen molar-refractivity contribution < 1.29 is 23.3 Å². The minimum absolute atomic E-state index is 0.308. The van der Waals surface area contributed by atoms with Crippen LogP contribution in [-0.2, 0) is 0 Å². The van der Waals surface area contributed by atoms with Gasteiger partial charge in [-0.25, -0.2) is 0 Å². The number of hydrogen-bond acceptors (Lipinski definition) is 3. The Hall–Kier alpha value is -1.22. The minimum atomic E-state index is -3.79. The number of nitrogens with two attached hydrogens (primary N) is 1. The van der Waals surface area contributed by atoms with Crippen molar-refractivity contribution in [3.8, 4) is 0 Å². The van der Waals surface area contributed by atoms with Crippen molar-refractivity contribution in [1.82, 2.24) is 4.90 Å². The molecule has 3 nitrogen and oxygen atoms in total.